The predicted molar refractivity (Wildman–Crippen MR) is 62.2 cm³/mol. The van der Waals surface area contributed by atoms with Gasteiger partial charge in [0.25, 0.3) is 0 Å². The maximum Gasteiger partial charge on any atom is 0.166 e. The van der Waals surface area contributed by atoms with Gasteiger partial charge in [0.2, 0.25) is 0 Å². The Balaban J connectivity index is 2.87. The third-order valence-corrected chi connectivity index (χ3v) is 2.05. The maximum absolute atomic E-state index is 11.9. The molecular formula is C12H18N2O. The molecule has 1 aromatic heterocycles. The van der Waals surface area contributed by atoms with Crippen LogP contribution in [0.5, 0.6) is 0 Å². The molecule has 0 unspecified atom stereocenters. The van der Waals surface area contributed by atoms with Crippen LogP contribution in [-0.2, 0) is 0 Å². The van der Waals surface area contributed by atoms with Crippen LogP contribution in [0.2, 0.25) is 0 Å². The van der Waals surface area contributed by atoms with Gasteiger partial charge in [0.05, 0.1) is 5.56 Å². The highest BCUT2D eigenvalue weighted by molar-refractivity contribution is 6.00. The number of hydrogen-bond acceptors (Lipinski definition) is 3. The number of nitrogens with one attached hydrogen (secondary N) is 1. The summed E-state index contributed by atoms with van der Waals surface area (Å²) in [5.41, 5.74) is 0.702. The molecule has 1 heterocycles. The third-order valence-electron chi connectivity index (χ3n) is 2.05. The Bertz CT molecular complexity index is 334. The Labute approximate surface area is 90.9 Å². The zero-order valence-electron chi connectivity index (χ0n) is 9.58. The number of anilines is 1. The summed E-state index contributed by atoms with van der Waals surface area (Å²) < 4.78 is 0. The summed E-state index contributed by atoms with van der Waals surface area (Å²) in [6.07, 6.45) is 2.27. The Hall–Kier alpha value is -1.38. The lowest BCUT2D eigenvalue weighted by atomic mass is 10.0. The number of rotatable bonds is 5. The van der Waals surface area contributed by atoms with Gasteiger partial charge in [0, 0.05) is 19.2 Å². The molecule has 0 saturated heterocycles. The molecule has 1 N–H and O–H groups in total. The van der Waals surface area contributed by atoms with E-state index < -0.39 is 0 Å². The third kappa shape index (κ3) is 3.35. The Morgan fingerprint density at radius 1 is 1.53 bits per heavy atom. The van der Waals surface area contributed by atoms with Crippen molar-refractivity contribution >= 4 is 11.6 Å². The number of carbonyl (C=O) groups excluding carboxylic acids is 1. The molecule has 15 heavy (non-hydrogen) atoms. The van der Waals surface area contributed by atoms with Gasteiger partial charge in [0.1, 0.15) is 5.82 Å². The average Bonchev–Trinajstić information content (AvgIpc) is 2.18. The minimum Gasteiger partial charge on any atom is -0.370 e. The SMILES string of the molecule is CCNc1ncccc1C(=O)CC(C)C. The van der Waals surface area contributed by atoms with Crippen molar-refractivity contribution in [3.8, 4) is 0 Å². The van der Waals surface area contributed by atoms with E-state index in [4.69, 9.17) is 0 Å². The van der Waals surface area contributed by atoms with E-state index in [1.807, 2.05) is 26.8 Å². The lowest BCUT2D eigenvalue weighted by molar-refractivity contribution is 0.0968. The number of ketones is 1. The van der Waals surface area contributed by atoms with Crippen LogP contribution in [0.25, 0.3) is 0 Å². The second-order valence-electron chi connectivity index (χ2n) is 3.95. The smallest absolute Gasteiger partial charge is 0.166 e. The first-order valence-electron chi connectivity index (χ1n) is 5.37. The molecule has 0 aliphatic rings. The molecule has 1 aromatic rings. The highest BCUT2D eigenvalue weighted by Gasteiger charge is 2.12. The lowest BCUT2D eigenvalue weighted by Crippen LogP contribution is -2.09. The first kappa shape index (κ1) is 11.7. The van der Waals surface area contributed by atoms with Gasteiger partial charge in [-0.15, -0.1) is 0 Å². The van der Waals surface area contributed by atoms with Crippen LogP contribution in [-0.4, -0.2) is 17.3 Å². The second-order valence-corrected chi connectivity index (χ2v) is 3.95. The molecule has 0 amide bonds. The van der Waals surface area contributed by atoms with Gasteiger partial charge in [-0.05, 0) is 25.0 Å². The van der Waals surface area contributed by atoms with Gasteiger partial charge in [-0.25, -0.2) is 4.98 Å². The summed E-state index contributed by atoms with van der Waals surface area (Å²) in [7, 11) is 0. The van der Waals surface area contributed by atoms with Crippen molar-refractivity contribution in [1.29, 1.82) is 0 Å². The largest absolute Gasteiger partial charge is 0.370 e. The van der Waals surface area contributed by atoms with Crippen LogP contribution < -0.4 is 5.32 Å². The Morgan fingerprint density at radius 3 is 2.87 bits per heavy atom. The van der Waals surface area contributed by atoms with Crippen LogP contribution in [0.1, 0.15) is 37.6 Å². The van der Waals surface area contributed by atoms with Crippen molar-refractivity contribution < 1.29 is 4.79 Å². The standard InChI is InChI=1S/C12H18N2O/c1-4-13-12-10(6-5-7-14-12)11(15)8-9(2)3/h5-7,9H,4,8H2,1-3H3,(H,13,14). The fourth-order valence-electron chi connectivity index (χ4n) is 1.42. The number of aromatic nitrogens is 1. The molecular weight excluding hydrogens is 188 g/mol. The molecule has 0 aromatic carbocycles. The molecule has 0 spiro atoms. The van der Waals surface area contributed by atoms with Crippen LogP contribution in [0, 0.1) is 5.92 Å². The molecule has 0 aliphatic heterocycles. The summed E-state index contributed by atoms with van der Waals surface area (Å²) in [5, 5.41) is 3.10. The summed E-state index contributed by atoms with van der Waals surface area (Å²) in [6.45, 7) is 6.85. The number of hydrogen-bond donors (Lipinski definition) is 1. The van der Waals surface area contributed by atoms with Crippen molar-refractivity contribution in [2.45, 2.75) is 27.2 Å². The van der Waals surface area contributed by atoms with Crippen LogP contribution in [0.15, 0.2) is 18.3 Å². The molecule has 1 rings (SSSR count). The zero-order valence-corrected chi connectivity index (χ0v) is 9.58. The van der Waals surface area contributed by atoms with Crippen molar-refractivity contribution in [3.63, 3.8) is 0 Å². The number of Topliss-reactive ketones (excluding diaryl/α,β-unsaturated/α-hetero) is 1. The summed E-state index contributed by atoms with van der Waals surface area (Å²) >= 11 is 0. The zero-order chi connectivity index (χ0) is 11.3. The van der Waals surface area contributed by atoms with E-state index in [0.717, 1.165) is 6.54 Å². The van der Waals surface area contributed by atoms with E-state index >= 15 is 0 Å². The van der Waals surface area contributed by atoms with Gasteiger partial charge in [-0.2, -0.15) is 0 Å². The molecule has 0 bridgehead atoms. The summed E-state index contributed by atoms with van der Waals surface area (Å²) in [6, 6.07) is 3.63. The topological polar surface area (TPSA) is 42.0 Å². The number of carbonyl (C=O) groups is 1. The van der Waals surface area contributed by atoms with E-state index in [1.54, 1.807) is 12.3 Å². The van der Waals surface area contributed by atoms with E-state index in [0.29, 0.717) is 23.7 Å². The molecule has 3 heteroatoms. The first-order valence-corrected chi connectivity index (χ1v) is 5.37. The molecule has 0 radical (unpaired) electrons. The van der Waals surface area contributed by atoms with Crippen molar-refractivity contribution in [1.82, 2.24) is 4.98 Å². The summed E-state index contributed by atoms with van der Waals surface area (Å²) in [5.74, 6) is 1.24. The van der Waals surface area contributed by atoms with Crippen molar-refractivity contribution in [3.05, 3.63) is 23.9 Å². The Kier molecular flexibility index (Phi) is 4.28. The van der Waals surface area contributed by atoms with Gasteiger partial charge < -0.3 is 5.32 Å². The molecule has 82 valence electrons. The van der Waals surface area contributed by atoms with E-state index in [-0.39, 0.29) is 5.78 Å². The lowest BCUT2D eigenvalue weighted by Gasteiger charge is -2.09. The number of nitrogens with zero attached hydrogens (tertiary/aromatic N) is 1. The monoisotopic (exact) mass is 206 g/mol. The summed E-state index contributed by atoms with van der Waals surface area (Å²) in [4.78, 5) is 16.0. The normalized spacial score (nSPS) is 10.4. The average molecular weight is 206 g/mol. The predicted octanol–water partition coefficient (Wildman–Crippen LogP) is 2.74. The molecule has 3 nitrogen and oxygen atoms in total. The van der Waals surface area contributed by atoms with E-state index in [1.165, 1.54) is 0 Å². The van der Waals surface area contributed by atoms with Crippen LogP contribution in [0.4, 0.5) is 5.82 Å². The molecule has 0 fully saturated rings. The minimum atomic E-state index is 0.161. The highest BCUT2D eigenvalue weighted by Crippen LogP contribution is 2.15. The van der Waals surface area contributed by atoms with Gasteiger partial charge in [-0.1, -0.05) is 13.8 Å². The first-order chi connectivity index (χ1) is 7.15. The Morgan fingerprint density at radius 2 is 2.27 bits per heavy atom. The fourth-order valence-corrected chi connectivity index (χ4v) is 1.42. The minimum absolute atomic E-state index is 0.161. The van der Waals surface area contributed by atoms with Gasteiger partial charge in [-0.3, -0.25) is 4.79 Å². The van der Waals surface area contributed by atoms with Gasteiger partial charge in [0.15, 0.2) is 5.78 Å². The maximum atomic E-state index is 11.9. The van der Waals surface area contributed by atoms with Crippen LogP contribution in [0.3, 0.4) is 0 Å². The molecule has 0 saturated carbocycles. The molecule has 0 atom stereocenters. The van der Waals surface area contributed by atoms with Crippen molar-refractivity contribution in [2.24, 2.45) is 5.92 Å². The van der Waals surface area contributed by atoms with E-state index in [9.17, 15) is 4.79 Å². The second kappa shape index (κ2) is 5.49. The van der Waals surface area contributed by atoms with Crippen LogP contribution >= 0.6 is 0 Å². The van der Waals surface area contributed by atoms with Crippen molar-refractivity contribution in [2.75, 3.05) is 11.9 Å². The molecule has 0 aliphatic carbocycles. The van der Waals surface area contributed by atoms with Gasteiger partial charge >= 0.3 is 0 Å². The highest BCUT2D eigenvalue weighted by atomic mass is 16.1. The number of pyridine rings is 1. The quantitative estimate of drug-likeness (QED) is 0.753. The fraction of sp³-hybridized carbons (Fsp3) is 0.500. The van der Waals surface area contributed by atoms with E-state index in [2.05, 4.69) is 10.3 Å².